The summed E-state index contributed by atoms with van der Waals surface area (Å²) in [5.74, 6) is -6.35. The van der Waals surface area contributed by atoms with Gasteiger partial charge in [-0.05, 0) is 92.9 Å². The van der Waals surface area contributed by atoms with Crippen molar-refractivity contribution >= 4 is 41.4 Å². The number of rotatable bonds is 27. The van der Waals surface area contributed by atoms with Gasteiger partial charge in [0.2, 0.25) is 35.4 Å². The molecule has 4 aromatic carbocycles. The highest BCUT2D eigenvalue weighted by Crippen LogP contribution is 2.20. The molecular weight excluding hydrogens is 889 g/mol. The number of aromatic hydroxyl groups is 1. The molecule has 0 fully saturated rings. The lowest BCUT2D eigenvalue weighted by Crippen LogP contribution is -2.61. The molecule has 19 heteroatoms. The minimum atomic E-state index is -1.64. The number of aliphatic hydroxyl groups is 1. The first-order valence-electron chi connectivity index (χ1n) is 22.7. The number of aliphatic carboxylic acids is 1. The zero-order chi connectivity index (χ0) is 50.5. The average Bonchev–Trinajstić information content (AvgIpc) is 3.33. The first-order valence-corrected chi connectivity index (χ1v) is 22.7. The Balaban J connectivity index is 1.44. The molecule has 0 aliphatic heterocycles. The van der Waals surface area contributed by atoms with Crippen molar-refractivity contribution in [3.05, 3.63) is 126 Å². The maximum atomic E-state index is 14.0. The summed E-state index contributed by atoms with van der Waals surface area (Å²) in [4.78, 5) is 93.1. The summed E-state index contributed by atoms with van der Waals surface area (Å²) >= 11 is 0. The second kappa shape index (κ2) is 27.6. The van der Waals surface area contributed by atoms with Gasteiger partial charge in [-0.2, -0.15) is 0 Å². The van der Waals surface area contributed by atoms with Crippen molar-refractivity contribution in [2.24, 2.45) is 11.5 Å². The van der Waals surface area contributed by atoms with E-state index in [0.717, 1.165) is 22.3 Å². The number of benzene rings is 4. The van der Waals surface area contributed by atoms with Crippen molar-refractivity contribution in [3.8, 4) is 16.9 Å². The molecule has 0 radical (unpaired) electrons. The molecule has 19 nitrogen and oxygen atoms in total. The number of carbonyl (C=O) groups excluding carboxylic acids is 6. The van der Waals surface area contributed by atoms with Crippen molar-refractivity contribution in [1.29, 1.82) is 0 Å². The molecule has 6 amide bonds. The van der Waals surface area contributed by atoms with E-state index in [0.29, 0.717) is 18.4 Å². The van der Waals surface area contributed by atoms with Crippen LogP contribution in [-0.2, 0) is 57.7 Å². The highest BCUT2D eigenvalue weighted by atomic mass is 16.5. The van der Waals surface area contributed by atoms with Gasteiger partial charge in [-0.25, -0.2) is 0 Å². The van der Waals surface area contributed by atoms with Gasteiger partial charge >= 0.3 is 5.97 Å². The largest absolute Gasteiger partial charge is 0.508 e. The maximum absolute atomic E-state index is 14.0. The molecule has 0 aliphatic carbocycles. The van der Waals surface area contributed by atoms with Crippen molar-refractivity contribution in [3.63, 3.8) is 0 Å². The number of carboxylic acid groups (broad SMARTS) is 1. The Morgan fingerprint density at radius 3 is 1.74 bits per heavy atom. The number of carbonyl (C=O) groups is 7. The first kappa shape index (κ1) is 54.4. The Bertz CT molecular complexity index is 2300. The fraction of sp³-hybridized carbons (Fsp3) is 0.380. The van der Waals surface area contributed by atoms with Crippen LogP contribution in [0.5, 0.6) is 5.75 Å². The molecule has 13 N–H and O–H groups in total. The highest BCUT2D eigenvalue weighted by Gasteiger charge is 2.35. The van der Waals surface area contributed by atoms with E-state index in [4.69, 9.17) is 16.2 Å². The quantitative estimate of drug-likeness (QED) is 0.0372. The molecule has 0 saturated carbocycles. The predicted octanol–water partition coefficient (Wildman–Crippen LogP) is 0.932. The number of nitrogens with two attached hydrogens (primary N) is 2. The topological polar surface area (TPSA) is 314 Å². The van der Waals surface area contributed by atoms with E-state index in [-0.39, 0.29) is 38.2 Å². The molecule has 0 aromatic heterocycles. The molecular formula is C50H64N8O11. The zero-order valence-electron chi connectivity index (χ0n) is 38.9. The lowest BCUT2D eigenvalue weighted by Gasteiger charge is -2.28. The van der Waals surface area contributed by atoms with Crippen molar-refractivity contribution in [2.45, 2.75) is 108 Å². The summed E-state index contributed by atoms with van der Waals surface area (Å²) in [6.07, 6.45) is -1.54. The Kier molecular flexibility index (Phi) is 21.8. The second-order valence-electron chi connectivity index (χ2n) is 16.7. The van der Waals surface area contributed by atoms with E-state index in [1.165, 1.54) is 32.9 Å². The average molecular weight is 953 g/mol. The van der Waals surface area contributed by atoms with E-state index in [9.17, 15) is 48.9 Å². The van der Waals surface area contributed by atoms with Gasteiger partial charge < -0.3 is 63.4 Å². The van der Waals surface area contributed by atoms with E-state index < -0.39 is 96.4 Å². The van der Waals surface area contributed by atoms with Gasteiger partial charge in [0.15, 0.2) is 0 Å². The Morgan fingerprint density at radius 1 is 0.580 bits per heavy atom. The lowest BCUT2D eigenvalue weighted by atomic mass is 10.00. The van der Waals surface area contributed by atoms with Crippen LogP contribution >= 0.6 is 0 Å². The molecule has 4 aromatic rings. The number of phenolic OH excluding ortho intramolecular Hbond substituents is 1. The van der Waals surface area contributed by atoms with Crippen LogP contribution in [0.25, 0.3) is 11.1 Å². The van der Waals surface area contributed by atoms with E-state index in [1.807, 2.05) is 60.7 Å². The summed E-state index contributed by atoms with van der Waals surface area (Å²) in [5.41, 5.74) is 16.1. The molecule has 8 atom stereocenters. The number of nitrogens with one attached hydrogen (secondary N) is 6. The van der Waals surface area contributed by atoms with Gasteiger partial charge in [-0.3, -0.25) is 33.6 Å². The lowest BCUT2D eigenvalue weighted by molar-refractivity contribution is -0.140. The minimum Gasteiger partial charge on any atom is -0.508 e. The van der Waals surface area contributed by atoms with Gasteiger partial charge in [0.05, 0.1) is 24.9 Å². The number of carboxylic acids is 1. The third kappa shape index (κ3) is 18.1. The van der Waals surface area contributed by atoms with Gasteiger partial charge in [0.1, 0.15) is 42.5 Å². The molecule has 0 unspecified atom stereocenters. The minimum absolute atomic E-state index is 0.0288. The highest BCUT2D eigenvalue weighted by molar-refractivity contribution is 5.97. The van der Waals surface area contributed by atoms with E-state index in [1.54, 1.807) is 36.4 Å². The normalized spacial score (nSPS) is 14.5. The second-order valence-corrected chi connectivity index (χ2v) is 16.7. The van der Waals surface area contributed by atoms with Crippen LogP contribution in [0.15, 0.2) is 109 Å². The Morgan fingerprint density at radius 2 is 1.13 bits per heavy atom. The summed E-state index contributed by atoms with van der Waals surface area (Å²) in [7, 11) is 0. The maximum Gasteiger partial charge on any atom is 0.322 e. The third-order valence-corrected chi connectivity index (χ3v) is 11.1. The summed E-state index contributed by atoms with van der Waals surface area (Å²) in [6.45, 7) is 3.70. The molecule has 370 valence electrons. The van der Waals surface area contributed by atoms with Crippen LogP contribution in [0.1, 0.15) is 56.7 Å². The molecule has 0 bridgehead atoms. The molecule has 0 spiro atoms. The number of hydrogen-bond donors (Lipinski definition) is 11. The van der Waals surface area contributed by atoms with Crippen LogP contribution in [-0.4, -0.2) is 118 Å². The van der Waals surface area contributed by atoms with Crippen LogP contribution in [0.4, 0.5) is 0 Å². The van der Waals surface area contributed by atoms with Gasteiger partial charge in [-0.1, -0.05) is 97.1 Å². The Hall–Kier alpha value is -7.19. The number of hydrogen-bond acceptors (Lipinski definition) is 12. The fourth-order valence-corrected chi connectivity index (χ4v) is 7.07. The first-order chi connectivity index (χ1) is 32.9. The van der Waals surface area contributed by atoms with Crippen molar-refractivity contribution in [1.82, 2.24) is 31.9 Å². The SMILES string of the molecule is C[C@H](NC(=O)[C@@H](NC(=O)[C@H](Cc1ccc(O)cc1)NC(=O)[C@@H](N)Cc1ccc(-c2ccccc2)cc1)[C@@H](C)O)C(=O)N[C@@H](CCCCN)C(=O)N[C@H](C(=O)NCC(=O)O)[C@@H](C)OCc1ccccc1. The molecule has 4 rings (SSSR count). The molecule has 69 heavy (non-hydrogen) atoms. The smallest absolute Gasteiger partial charge is 0.322 e. The van der Waals surface area contributed by atoms with E-state index in [2.05, 4.69) is 31.9 Å². The summed E-state index contributed by atoms with van der Waals surface area (Å²) in [6, 6.07) is 24.1. The Labute approximate surface area is 401 Å². The number of amides is 6. The van der Waals surface area contributed by atoms with Crippen LogP contribution in [0, 0.1) is 0 Å². The zero-order valence-corrected chi connectivity index (χ0v) is 38.9. The number of phenols is 1. The van der Waals surface area contributed by atoms with Crippen molar-refractivity contribution in [2.75, 3.05) is 13.1 Å². The molecule has 0 saturated heterocycles. The molecule has 0 heterocycles. The predicted molar refractivity (Wildman–Crippen MR) is 257 cm³/mol. The number of ether oxygens (including phenoxy) is 1. The summed E-state index contributed by atoms with van der Waals surface area (Å²) < 4.78 is 5.88. The summed E-state index contributed by atoms with van der Waals surface area (Å²) in [5, 5.41) is 44.8. The van der Waals surface area contributed by atoms with Gasteiger partial charge in [0.25, 0.3) is 0 Å². The van der Waals surface area contributed by atoms with Crippen LogP contribution in [0.2, 0.25) is 0 Å². The van der Waals surface area contributed by atoms with Crippen LogP contribution in [0.3, 0.4) is 0 Å². The van der Waals surface area contributed by atoms with E-state index >= 15 is 0 Å². The van der Waals surface area contributed by atoms with Crippen LogP contribution < -0.4 is 43.4 Å². The monoisotopic (exact) mass is 952 g/mol. The molecule has 0 aliphatic rings. The van der Waals surface area contributed by atoms with Gasteiger partial charge in [0, 0.05) is 6.42 Å². The fourth-order valence-electron chi connectivity index (χ4n) is 7.07. The number of unbranched alkanes of at least 4 members (excludes halogenated alkanes) is 1. The van der Waals surface area contributed by atoms with Gasteiger partial charge in [-0.15, -0.1) is 0 Å². The number of aliphatic hydroxyl groups excluding tert-OH is 1. The van der Waals surface area contributed by atoms with Crippen molar-refractivity contribution < 1.29 is 53.6 Å². The third-order valence-electron chi connectivity index (χ3n) is 11.1. The standard InChI is InChI=1S/C50H64N8O11/c1-30(45(63)55-40(16-10-11-25-51)47(65)58-44(49(67)53-28-42(61)62)32(3)69-29-35-12-6-4-7-13-35)54-50(68)43(31(2)59)57-48(66)41(27-34-19-23-38(60)24-20-34)56-46(64)39(52)26-33-17-21-37(22-18-33)36-14-8-5-9-15-36/h4-9,12-15,17-24,30-32,39-41,43-44,59-60H,10-11,16,25-29,51-52H2,1-3H3,(H,53,67)(H,54,68)(H,55,63)(H,56,64)(H,57,66)(H,58,65)(H,61,62)/t30-,31+,32+,39-,40-,41-,43-,44-/m0/s1.